The van der Waals surface area contributed by atoms with Crippen molar-refractivity contribution in [1.82, 2.24) is 14.5 Å². The molecule has 7 heteroatoms. The molecular weight excluding hydrogens is 389 g/mol. The highest BCUT2D eigenvalue weighted by Gasteiger charge is 2.21. The highest BCUT2D eigenvalue weighted by atomic mass is 127. The molecule has 5 nitrogen and oxygen atoms in total. The van der Waals surface area contributed by atoms with Gasteiger partial charge >= 0.3 is 0 Å². The summed E-state index contributed by atoms with van der Waals surface area (Å²) < 4.78 is 27.3. The maximum Gasteiger partial charge on any atom is 0.242 e. The lowest BCUT2D eigenvalue weighted by Gasteiger charge is -2.28. The molecule has 0 bridgehead atoms. The van der Waals surface area contributed by atoms with Gasteiger partial charge < -0.3 is 5.32 Å². The van der Waals surface area contributed by atoms with Crippen molar-refractivity contribution >= 4 is 32.6 Å². The van der Waals surface area contributed by atoms with Gasteiger partial charge in [0.25, 0.3) is 0 Å². The van der Waals surface area contributed by atoms with Crippen molar-refractivity contribution in [1.29, 1.82) is 0 Å². The van der Waals surface area contributed by atoms with Gasteiger partial charge in [-0.05, 0) is 46.9 Å². The number of sulfonamides is 1. The van der Waals surface area contributed by atoms with E-state index in [1.54, 1.807) is 19.2 Å². The molecule has 1 N–H and O–H groups in total. The third-order valence-corrected chi connectivity index (χ3v) is 6.05. The van der Waals surface area contributed by atoms with Crippen LogP contribution < -0.4 is 5.32 Å². The zero-order valence-corrected chi connectivity index (χ0v) is 14.5. The third-order valence-electron chi connectivity index (χ3n) is 3.46. The molecule has 1 aliphatic heterocycles. The molecule has 1 saturated heterocycles. The van der Waals surface area contributed by atoms with E-state index in [-0.39, 0.29) is 0 Å². The molecule has 1 aliphatic rings. The van der Waals surface area contributed by atoms with Crippen LogP contribution in [0.3, 0.4) is 0 Å². The van der Waals surface area contributed by atoms with Crippen LogP contribution in [0, 0.1) is 3.57 Å². The van der Waals surface area contributed by atoms with Gasteiger partial charge in [0, 0.05) is 49.9 Å². The molecule has 0 amide bonds. The van der Waals surface area contributed by atoms with Crippen LogP contribution in [0.2, 0.25) is 0 Å². The van der Waals surface area contributed by atoms with E-state index in [0.717, 1.165) is 36.3 Å². The highest BCUT2D eigenvalue weighted by molar-refractivity contribution is 14.1. The van der Waals surface area contributed by atoms with Gasteiger partial charge in [-0.2, -0.15) is 4.31 Å². The van der Waals surface area contributed by atoms with Gasteiger partial charge in [-0.15, -0.1) is 0 Å². The molecule has 0 aliphatic carbocycles. The summed E-state index contributed by atoms with van der Waals surface area (Å²) in [5.41, 5.74) is 0. The van der Waals surface area contributed by atoms with Crippen LogP contribution in [-0.4, -0.2) is 63.9 Å². The Hall–Kier alpha value is -0.220. The first kappa shape index (κ1) is 16.2. The van der Waals surface area contributed by atoms with Gasteiger partial charge in [0.1, 0.15) is 0 Å². The Morgan fingerprint density at radius 2 is 1.85 bits per heavy atom. The summed E-state index contributed by atoms with van der Waals surface area (Å²) in [6, 6.07) is 6.96. The number of halogens is 1. The van der Waals surface area contributed by atoms with Crippen molar-refractivity contribution in [3.8, 4) is 0 Å². The minimum atomic E-state index is -3.37. The van der Waals surface area contributed by atoms with E-state index in [4.69, 9.17) is 0 Å². The number of piperazine rings is 1. The molecular formula is C13H20IN3O2S. The Kier molecular flexibility index (Phi) is 5.79. The molecule has 1 fully saturated rings. The van der Waals surface area contributed by atoms with Crippen molar-refractivity contribution in [2.75, 3.05) is 46.3 Å². The van der Waals surface area contributed by atoms with Crippen molar-refractivity contribution in [2.45, 2.75) is 4.90 Å². The van der Waals surface area contributed by atoms with Gasteiger partial charge in [0.2, 0.25) is 10.0 Å². The summed E-state index contributed by atoms with van der Waals surface area (Å²) in [4.78, 5) is 2.65. The average Bonchev–Trinajstić information content (AvgIpc) is 2.46. The van der Waals surface area contributed by atoms with Gasteiger partial charge in [0.05, 0.1) is 4.90 Å². The molecule has 112 valence electrons. The fourth-order valence-electron chi connectivity index (χ4n) is 2.12. The molecule has 20 heavy (non-hydrogen) atoms. The Morgan fingerprint density at radius 1 is 1.25 bits per heavy atom. The average molecular weight is 409 g/mol. The lowest BCUT2D eigenvalue weighted by Crippen LogP contribution is -2.46. The van der Waals surface area contributed by atoms with Crippen LogP contribution in [0.5, 0.6) is 0 Å². The monoisotopic (exact) mass is 409 g/mol. The molecule has 2 rings (SSSR count). The standard InChI is InChI=1S/C13H20IN3O2S/c1-16(10-11-17-8-6-15-7-9-17)20(18,19)13-4-2-12(14)3-5-13/h2-5,15H,6-11H2,1H3. The zero-order valence-electron chi connectivity index (χ0n) is 11.5. The molecule has 0 radical (unpaired) electrons. The predicted octanol–water partition coefficient (Wildman–Crippen LogP) is 0.817. The maximum absolute atomic E-state index is 12.4. The number of hydrogen-bond acceptors (Lipinski definition) is 4. The van der Waals surface area contributed by atoms with Crippen molar-refractivity contribution in [3.63, 3.8) is 0 Å². The first-order valence-electron chi connectivity index (χ1n) is 6.65. The summed E-state index contributed by atoms with van der Waals surface area (Å²) in [5, 5.41) is 3.29. The maximum atomic E-state index is 12.4. The van der Waals surface area contributed by atoms with Gasteiger partial charge in [-0.25, -0.2) is 8.42 Å². The SMILES string of the molecule is CN(CCN1CCNCC1)S(=O)(=O)c1ccc(I)cc1. The second-order valence-electron chi connectivity index (χ2n) is 4.87. The first-order chi connectivity index (χ1) is 9.50. The Labute approximate surface area is 134 Å². The number of nitrogens with zero attached hydrogens (tertiary/aromatic N) is 2. The lowest BCUT2D eigenvalue weighted by molar-refractivity contribution is 0.229. The zero-order chi connectivity index (χ0) is 14.6. The Bertz CT molecular complexity index is 527. The van der Waals surface area contributed by atoms with E-state index in [1.807, 2.05) is 12.1 Å². The van der Waals surface area contributed by atoms with Crippen LogP contribution >= 0.6 is 22.6 Å². The van der Waals surface area contributed by atoms with Crippen LogP contribution in [-0.2, 0) is 10.0 Å². The second-order valence-corrected chi connectivity index (χ2v) is 8.16. The topological polar surface area (TPSA) is 52.6 Å². The second kappa shape index (κ2) is 7.17. The summed E-state index contributed by atoms with van der Waals surface area (Å²) in [7, 11) is -1.72. The molecule has 1 heterocycles. The number of likely N-dealkylation sites (N-methyl/N-ethyl adjacent to an activating group) is 1. The van der Waals surface area contributed by atoms with E-state index in [1.165, 1.54) is 4.31 Å². The molecule has 0 spiro atoms. The molecule has 0 saturated carbocycles. The van der Waals surface area contributed by atoms with Crippen molar-refractivity contribution in [3.05, 3.63) is 27.8 Å². The van der Waals surface area contributed by atoms with Crippen LogP contribution in [0.15, 0.2) is 29.2 Å². The minimum absolute atomic E-state index is 0.362. The van der Waals surface area contributed by atoms with E-state index >= 15 is 0 Å². The fraction of sp³-hybridized carbons (Fsp3) is 0.538. The number of nitrogens with one attached hydrogen (secondary N) is 1. The van der Waals surface area contributed by atoms with E-state index in [9.17, 15) is 8.42 Å². The first-order valence-corrected chi connectivity index (χ1v) is 9.17. The quantitative estimate of drug-likeness (QED) is 0.732. The normalized spacial score (nSPS) is 17.6. The third kappa shape index (κ3) is 4.14. The molecule has 0 atom stereocenters. The molecule has 0 aromatic heterocycles. The minimum Gasteiger partial charge on any atom is -0.314 e. The lowest BCUT2D eigenvalue weighted by atomic mass is 10.3. The summed E-state index contributed by atoms with van der Waals surface area (Å²) >= 11 is 2.17. The number of hydrogen-bond donors (Lipinski definition) is 1. The Balaban J connectivity index is 1.96. The largest absolute Gasteiger partial charge is 0.314 e. The van der Waals surface area contributed by atoms with Crippen LogP contribution in [0.25, 0.3) is 0 Å². The summed E-state index contributed by atoms with van der Waals surface area (Å²) in [6.45, 7) is 5.23. The van der Waals surface area contributed by atoms with Gasteiger partial charge in [-0.3, -0.25) is 4.90 Å². The van der Waals surface area contributed by atoms with E-state index < -0.39 is 10.0 Å². The van der Waals surface area contributed by atoms with Crippen molar-refractivity contribution in [2.24, 2.45) is 0 Å². The fourth-order valence-corrected chi connectivity index (χ4v) is 3.65. The van der Waals surface area contributed by atoms with Crippen LogP contribution in [0.1, 0.15) is 0 Å². The Morgan fingerprint density at radius 3 is 2.45 bits per heavy atom. The molecule has 1 aromatic carbocycles. The molecule has 1 aromatic rings. The highest BCUT2D eigenvalue weighted by Crippen LogP contribution is 2.16. The summed E-state index contributed by atoms with van der Waals surface area (Å²) in [6.07, 6.45) is 0. The molecule has 0 unspecified atom stereocenters. The van der Waals surface area contributed by atoms with Gasteiger partial charge in [0.15, 0.2) is 0 Å². The number of benzene rings is 1. The van der Waals surface area contributed by atoms with Crippen molar-refractivity contribution < 1.29 is 8.42 Å². The van der Waals surface area contributed by atoms with Gasteiger partial charge in [-0.1, -0.05) is 0 Å². The van der Waals surface area contributed by atoms with Crippen LogP contribution in [0.4, 0.5) is 0 Å². The summed E-state index contributed by atoms with van der Waals surface area (Å²) in [5.74, 6) is 0. The smallest absolute Gasteiger partial charge is 0.242 e. The van der Waals surface area contributed by atoms with E-state index in [2.05, 4.69) is 32.8 Å². The number of rotatable bonds is 5. The van der Waals surface area contributed by atoms with E-state index in [0.29, 0.717) is 11.4 Å². The predicted molar refractivity (Wildman–Crippen MR) is 88.3 cm³/mol.